The number of aromatic nitrogens is 2. The number of halogens is 1. The van der Waals surface area contributed by atoms with Crippen LogP contribution in [-0.2, 0) is 11.8 Å². The van der Waals surface area contributed by atoms with E-state index in [1.807, 2.05) is 13.2 Å². The zero-order valence-corrected chi connectivity index (χ0v) is 13.3. The summed E-state index contributed by atoms with van der Waals surface area (Å²) >= 11 is 0. The molecule has 1 unspecified atom stereocenters. The molecule has 20 heavy (non-hydrogen) atoms. The Morgan fingerprint density at radius 1 is 1.55 bits per heavy atom. The number of carbonyl (C=O) groups is 1. The molecule has 0 radical (unpaired) electrons. The summed E-state index contributed by atoms with van der Waals surface area (Å²) in [6.45, 7) is 3.00. The molecule has 1 amide bonds. The molecule has 1 aromatic heterocycles. The molecule has 6 heteroatoms. The van der Waals surface area contributed by atoms with Crippen LogP contribution in [-0.4, -0.2) is 29.3 Å². The maximum absolute atomic E-state index is 12.3. The number of rotatable bonds is 6. The van der Waals surface area contributed by atoms with Crippen molar-refractivity contribution in [1.29, 1.82) is 0 Å². The predicted molar refractivity (Wildman–Crippen MR) is 81.8 cm³/mol. The SMILES string of the molecule is CCC1(CNC(=O)C(NC)c2cnn(C)c2)CCC1.Cl. The lowest BCUT2D eigenvalue weighted by Crippen LogP contribution is -2.45. The van der Waals surface area contributed by atoms with Crippen LogP contribution in [0.25, 0.3) is 0 Å². The van der Waals surface area contributed by atoms with Gasteiger partial charge in [-0.3, -0.25) is 9.48 Å². The number of hydrogen-bond donors (Lipinski definition) is 2. The molecule has 2 N–H and O–H groups in total. The van der Waals surface area contributed by atoms with Gasteiger partial charge < -0.3 is 10.6 Å². The average molecular weight is 301 g/mol. The van der Waals surface area contributed by atoms with Crippen LogP contribution in [0, 0.1) is 5.41 Å². The van der Waals surface area contributed by atoms with Crippen LogP contribution >= 0.6 is 12.4 Å². The third-order valence-electron chi connectivity index (χ3n) is 4.41. The topological polar surface area (TPSA) is 59.0 Å². The zero-order chi connectivity index (χ0) is 13.9. The molecule has 1 aliphatic rings. The molecule has 114 valence electrons. The molecule has 0 aliphatic heterocycles. The Morgan fingerprint density at radius 2 is 2.25 bits per heavy atom. The van der Waals surface area contributed by atoms with Crippen molar-refractivity contribution in [2.75, 3.05) is 13.6 Å². The minimum absolute atomic E-state index is 0. The van der Waals surface area contributed by atoms with Gasteiger partial charge in [0.15, 0.2) is 0 Å². The van der Waals surface area contributed by atoms with Crippen molar-refractivity contribution in [3.8, 4) is 0 Å². The molecule has 0 spiro atoms. The Morgan fingerprint density at radius 3 is 2.65 bits per heavy atom. The fourth-order valence-corrected chi connectivity index (χ4v) is 2.75. The van der Waals surface area contributed by atoms with Crippen molar-refractivity contribution in [1.82, 2.24) is 20.4 Å². The molecule has 1 heterocycles. The first-order chi connectivity index (χ1) is 9.10. The zero-order valence-electron chi connectivity index (χ0n) is 12.5. The molecule has 0 saturated heterocycles. The number of nitrogens with zero attached hydrogens (tertiary/aromatic N) is 2. The third-order valence-corrected chi connectivity index (χ3v) is 4.41. The predicted octanol–water partition coefficient (Wildman–Crippen LogP) is 1.80. The van der Waals surface area contributed by atoms with Gasteiger partial charge in [-0.25, -0.2) is 0 Å². The van der Waals surface area contributed by atoms with Gasteiger partial charge in [0.05, 0.1) is 6.20 Å². The highest BCUT2D eigenvalue weighted by Gasteiger charge is 2.35. The van der Waals surface area contributed by atoms with E-state index in [2.05, 4.69) is 22.7 Å². The first-order valence-corrected chi connectivity index (χ1v) is 7.04. The lowest BCUT2D eigenvalue weighted by atomic mass is 9.67. The van der Waals surface area contributed by atoms with Crippen molar-refractivity contribution in [3.05, 3.63) is 18.0 Å². The minimum Gasteiger partial charge on any atom is -0.354 e. The number of likely N-dealkylation sites (N-methyl/N-ethyl adjacent to an activating group) is 1. The van der Waals surface area contributed by atoms with Crippen molar-refractivity contribution in [2.45, 2.75) is 38.6 Å². The maximum Gasteiger partial charge on any atom is 0.241 e. The highest BCUT2D eigenvalue weighted by Crippen LogP contribution is 2.43. The molecule has 1 aliphatic carbocycles. The lowest BCUT2D eigenvalue weighted by Gasteiger charge is -2.41. The van der Waals surface area contributed by atoms with Gasteiger partial charge in [-0.1, -0.05) is 13.3 Å². The summed E-state index contributed by atoms with van der Waals surface area (Å²) in [5.41, 5.74) is 1.25. The minimum atomic E-state index is -0.317. The fourth-order valence-electron chi connectivity index (χ4n) is 2.75. The third kappa shape index (κ3) is 3.52. The quantitative estimate of drug-likeness (QED) is 0.842. The van der Waals surface area contributed by atoms with Crippen molar-refractivity contribution in [2.24, 2.45) is 12.5 Å². The normalized spacial score (nSPS) is 17.8. The summed E-state index contributed by atoms with van der Waals surface area (Å²) in [5, 5.41) is 10.3. The molecular weight excluding hydrogens is 276 g/mol. The van der Waals surface area contributed by atoms with Crippen LogP contribution in [0.3, 0.4) is 0 Å². The number of aryl methyl sites for hydroxylation is 1. The van der Waals surface area contributed by atoms with Crippen LogP contribution in [0.2, 0.25) is 0 Å². The van der Waals surface area contributed by atoms with Gasteiger partial charge in [-0.15, -0.1) is 12.4 Å². The second-order valence-corrected chi connectivity index (χ2v) is 5.59. The standard InChI is InChI=1S/C14H24N4O.ClH/c1-4-14(6-5-7-14)10-16-13(19)12(15-2)11-8-17-18(3)9-11;/h8-9,12,15H,4-7,10H2,1-3H3,(H,16,19);1H. The molecule has 1 aromatic rings. The summed E-state index contributed by atoms with van der Waals surface area (Å²) in [7, 11) is 3.66. The molecular formula is C14H25ClN4O. The van der Waals surface area contributed by atoms with E-state index >= 15 is 0 Å². The molecule has 1 saturated carbocycles. The number of nitrogens with one attached hydrogen (secondary N) is 2. The molecule has 0 bridgehead atoms. The van der Waals surface area contributed by atoms with Crippen LogP contribution in [0.5, 0.6) is 0 Å². The van der Waals surface area contributed by atoms with Crippen molar-refractivity contribution in [3.63, 3.8) is 0 Å². The Bertz CT molecular complexity index is 437. The second kappa shape index (κ2) is 7.09. The van der Waals surface area contributed by atoms with E-state index < -0.39 is 0 Å². The number of hydrogen-bond acceptors (Lipinski definition) is 3. The summed E-state index contributed by atoms with van der Waals surface area (Å²) in [5.74, 6) is 0.0372. The van der Waals surface area contributed by atoms with Crippen LogP contribution in [0.15, 0.2) is 12.4 Å². The summed E-state index contributed by atoms with van der Waals surface area (Å²) in [6.07, 6.45) is 8.52. The molecule has 1 fully saturated rings. The average Bonchev–Trinajstić information content (AvgIpc) is 2.76. The van der Waals surface area contributed by atoms with E-state index in [1.165, 1.54) is 19.3 Å². The highest BCUT2D eigenvalue weighted by atomic mass is 35.5. The number of carbonyl (C=O) groups excluding carboxylic acids is 1. The molecule has 0 aromatic carbocycles. The van der Waals surface area contributed by atoms with E-state index in [4.69, 9.17) is 0 Å². The van der Waals surface area contributed by atoms with Crippen LogP contribution in [0.4, 0.5) is 0 Å². The van der Waals surface area contributed by atoms with Crippen LogP contribution in [0.1, 0.15) is 44.2 Å². The van der Waals surface area contributed by atoms with Gasteiger partial charge in [0, 0.05) is 25.4 Å². The Kier molecular flexibility index (Phi) is 6.02. The highest BCUT2D eigenvalue weighted by molar-refractivity contribution is 5.85. The Labute approximate surface area is 126 Å². The van der Waals surface area contributed by atoms with Gasteiger partial charge in [-0.05, 0) is 31.7 Å². The van der Waals surface area contributed by atoms with Gasteiger partial charge in [0.25, 0.3) is 0 Å². The van der Waals surface area contributed by atoms with Crippen LogP contribution < -0.4 is 10.6 Å². The second-order valence-electron chi connectivity index (χ2n) is 5.59. The van der Waals surface area contributed by atoms with E-state index in [9.17, 15) is 4.79 Å². The monoisotopic (exact) mass is 300 g/mol. The Hall–Kier alpha value is -1.07. The van der Waals surface area contributed by atoms with Gasteiger partial charge in [-0.2, -0.15) is 5.10 Å². The lowest BCUT2D eigenvalue weighted by molar-refractivity contribution is -0.124. The summed E-state index contributed by atoms with van der Waals surface area (Å²) in [4.78, 5) is 12.3. The smallest absolute Gasteiger partial charge is 0.241 e. The van der Waals surface area contributed by atoms with Crippen molar-refractivity contribution >= 4 is 18.3 Å². The van der Waals surface area contributed by atoms with E-state index in [0.29, 0.717) is 5.41 Å². The van der Waals surface area contributed by atoms with Gasteiger partial charge in [0.1, 0.15) is 6.04 Å². The van der Waals surface area contributed by atoms with Gasteiger partial charge >= 0.3 is 0 Å². The molecule has 5 nitrogen and oxygen atoms in total. The van der Waals surface area contributed by atoms with Crippen molar-refractivity contribution < 1.29 is 4.79 Å². The van der Waals surface area contributed by atoms with Gasteiger partial charge in [0.2, 0.25) is 5.91 Å². The maximum atomic E-state index is 12.3. The van der Waals surface area contributed by atoms with E-state index in [1.54, 1.807) is 17.9 Å². The summed E-state index contributed by atoms with van der Waals surface area (Å²) < 4.78 is 1.71. The molecule has 2 rings (SSSR count). The first-order valence-electron chi connectivity index (χ1n) is 7.04. The summed E-state index contributed by atoms with van der Waals surface area (Å²) in [6, 6.07) is -0.317. The van der Waals surface area contributed by atoms with E-state index in [0.717, 1.165) is 18.5 Å². The fraction of sp³-hybridized carbons (Fsp3) is 0.714. The first kappa shape index (κ1) is 17.0. The largest absolute Gasteiger partial charge is 0.354 e. The Balaban J connectivity index is 0.00000200. The number of amides is 1. The molecule has 1 atom stereocenters. The van der Waals surface area contributed by atoms with E-state index in [-0.39, 0.29) is 24.4 Å².